The van der Waals surface area contributed by atoms with Crippen molar-refractivity contribution in [2.24, 2.45) is 0 Å². The highest BCUT2D eigenvalue weighted by Crippen LogP contribution is 2.36. The van der Waals surface area contributed by atoms with E-state index < -0.39 is 24.4 Å². The van der Waals surface area contributed by atoms with E-state index in [0.29, 0.717) is 25.1 Å². The first kappa shape index (κ1) is 23.6. The number of anilines is 1. The highest BCUT2D eigenvalue weighted by atomic mass is 19.4. The fraction of sp³-hybridized carbons (Fsp3) is 0.524. The van der Waals surface area contributed by atoms with E-state index in [9.17, 15) is 22.8 Å². The first-order valence-electron chi connectivity index (χ1n) is 10.4. The number of amides is 2. The van der Waals surface area contributed by atoms with Crippen LogP contribution >= 0.6 is 0 Å². The predicted molar refractivity (Wildman–Crippen MR) is 110 cm³/mol. The summed E-state index contributed by atoms with van der Waals surface area (Å²) in [5.41, 5.74) is 2.42. The minimum Gasteiger partial charge on any atom is -0.446 e. The summed E-state index contributed by atoms with van der Waals surface area (Å²) in [6.07, 6.45) is -2.85. The number of H-pyrrole nitrogens is 1. The molecule has 1 saturated carbocycles. The zero-order valence-electron chi connectivity index (χ0n) is 17.8. The Morgan fingerprint density at radius 1 is 1.31 bits per heavy atom. The minimum absolute atomic E-state index is 0.00293. The molecule has 3 N–H and O–H groups in total. The molecule has 174 valence electrons. The van der Waals surface area contributed by atoms with Crippen molar-refractivity contribution >= 4 is 17.8 Å². The molecule has 3 atom stereocenters. The Labute approximate surface area is 183 Å². The zero-order valence-corrected chi connectivity index (χ0v) is 17.8. The van der Waals surface area contributed by atoms with Gasteiger partial charge in [0.1, 0.15) is 12.1 Å². The van der Waals surface area contributed by atoms with Crippen molar-refractivity contribution in [3.8, 4) is 0 Å². The number of alkyl halides is 3. The Bertz CT molecular complexity index is 930. The van der Waals surface area contributed by atoms with Gasteiger partial charge in [-0.1, -0.05) is 13.0 Å². The van der Waals surface area contributed by atoms with Gasteiger partial charge in [-0.2, -0.15) is 18.3 Å². The number of rotatable bonds is 7. The van der Waals surface area contributed by atoms with Crippen LogP contribution in [0.2, 0.25) is 0 Å². The molecular weight excluding hydrogens is 427 g/mol. The number of pyridine rings is 1. The topological polar surface area (TPSA) is 109 Å². The molecular formula is C21H26F3N5O3. The lowest BCUT2D eigenvalue weighted by Crippen LogP contribution is -2.45. The molecule has 1 unspecified atom stereocenters. The number of hydrogen-bond donors (Lipinski definition) is 3. The van der Waals surface area contributed by atoms with E-state index in [1.54, 1.807) is 12.3 Å². The molecule has 1 aliphatic rings. The maximum absolute atomic E-state index is 12.8. The second-order valence-electron chi connectivity index (χ2n) is 7.93. The van der Waals surface area contributed by atoms with Crippen LogP contribution in [0.5, 0.6) is 0 Å². The van der Waals surface area contributed by atoms with E-state index in [4.69, 9.17) is 4.74 Å². The predicted octanol–water partition coefficient (Wildman–Crippen LogP) is 4.00. The first-order valence-corrected chi connectivity index (χ1v) is 10.4. The van der Waals surface area contributed by atoms with E-state index in [1.807, 2.05) is 24.4 Å². The van der Waals surface area contributed by atoms with E-state index in [-0.39, 0.29) is 24.7 Å². The summed E-state index contributed by atoms with van der Waals surface area (Å²) in [4.78, 5) is 28.2. The van der Waals surface area contributed by atoms with E-state index in [2.05, 4.69) is 20.5 Å². The van der Waals surface area contributed by atoms with Crippen molar-refractivity contribution in [2.45, 2.75) is 70.2 Å². The third kappa shape index (κ3) is 6.44. The van der Waals surface area contributed by atoms with Gasteiger partial charge in [-0.15, -0.1) is 0 Å². The number of alkyl carbamates (subject to hydrolysis) is 1. The number of carbonyl (C=O) groups is 2. The van der Waals surface area contributed by atoms with Gasteiger partial charge in [0.25, 0.3) is 0 Å². The van der Waals surface area contributed by atoms with Gasteiger partial charge in [-0.3, -0.25) is 14.9 Å². The lowest BCUT2D eigenvalue weighted by molar-refractivity contribution is -0.155. The molecule has 1 fully saturated rings. The van der Waals surface area contributed by atoms with Crippen molar-refractivity contribution in [1.82, 2.24) is 20.5 Å². The van der Waals surface area contributed by atoms with Gasteiger partial charge in [0.05, 0.1) is 6.42 Å². The van der Waals surface area contributed by atoms with Crippen LogP contribution in [0.25, 0.3) is 0 Å². The van der Waals surface area contributed by atoms with Crippen molar-refractivity contribution < 1.29 is 27.5 Å². The van der Waals surface area contributed by atoms with Crippen molar-refractivity contribution in [3.63, 3.8) is 0 Å². The molecule has 11 heteroatoms. The van der Waals surface area contributed by atoms with E-state index >= 15 is 0 Å². The summed E-state index contributed by atoms with van der Waals surface area (Å²) < 4.78 is 43.6. The summed E-state index contributed by atoms with van der Waals surface area (Å²) in [5, 5.41) is 11.6. The summed E-state index contributed by atoms with van der Waals surface area (Å²) in [5.74, 6) is 0.146. The van der Waals surface area contributed by atoms with Gasteiger partial charge in [-0.05, 0) is 44.2 Å². The molecule has 2 aromatic rings. The Kier molecular flexibility index (Phi) is 7.37. The lowest BCUT2D eigenvalue weighted by atomic mass is 10.0. The average molecular weight is 453 g/mol. The quantitative estimate of drug-likeness (QED) is 0.587. The molecule has 8 nitrogen and oxygen atoms in total. The van der Waals surface area contributed by atoms with Gasteiger partial charge in [-0.25, -0.2) is 4.79 Å². The fourth-order valence-corrected chi connectivity index (χ4v) is 3.66. The standard InChI is InChI=1S/C21H26F3N5O3/c1-3-17(21(22,23)24)26-20(31)32-15-7-6-14(9-15)16-10-18(29-28-16)27-19(30)8-13-5-4-12(2)25-11-13/h4-5,10-11,14-15,17H,3,6-9H2,1-2H3,(H,26,31)(H2,27,28,29,30)/t14-,15+,17?/m0/s1. The molecule has 0 saturated heterocycles. The molecule has 2 amide bonds. The van der Waals surface area contributed by atoms with Gasteiger partial charge < -0.3 is 15.4 Å². The number of aryl methyl sites for hydroxylation is 1. The second kappa shape index (κ2) is 10.0. The molecule has 32 heavy (non-hydrogen) atoms. The Morgan fingerprint density at radius 3 is 2.75 bits per heavy atom. The Morgan fingerprint density at radius 2 is 2.09 bits per heavy atom. The summed E-state index contributed by atoms with van der Waals surface area (Å²) in [6, 6.07) is 3.46. The van der Waals surface area contributed by atoms with Crippen LogP contribution in [0.15, 0.2) is 24.4 Å². The highest BCUT2D eigenvalue weighted by Gasteiger charge is 2.40. The van der Waals surface area contributed by atoms with Crippen LogP contribution in [0.1, 0.15) is 55.5 Å². The van der Waals surface area contributed by atoms with E-state index in [1.165, 1.54) is 6.92 Å². The SMILES string of the molecule is CCC(NC(=O)O[C@@H]1CC[C@H](c2cc(NC(=O)Cc3ccc(C)nc3)n[nH]2)C1)C(F)(F)F. The smallest absolute Gasteiger partial charge is 0.408 e. The molecule has 0 spiro atoms. The van der Waals surface area contributed by atoms with E-state index in [0.717, 1.165) is 17.0 Å². The van der Waals surface area contributed by atoms with Gasteiger partial charge in [0, 0.05) is 29.6 Å². The molecule has 0 aromatic carbocycles. The summed E-state index contributed by atoms with van der Waals surface area (Å²) >= 11 is 0. The van der Waals surface area contributed by atoms with Gasteiger partial charge >= 0.3 is 12.3 Å². The number of carbonyl (C=O) groups excluding carboxylic acids is 2. The van der Waals surface area contributed by atoms with Crippen LogP contribution in [0.4, 0.5) is 23.8 Å². The molecule has 3 rings (SSSR count). The van der Waals surface area contributed by atoms with Crippen molar-refractivity contribution in [3.05, 3.63) is 41.3 Å². The number of ether oxygens (including phenoxy) is 1. The maximum Gasteiger partial charge on any atom is 0.408 e. The normalized spacial score (nSPS) is 19.4. The fourth-order valence-electron chi connectivity index (χ4n) is 3.66. The summed E-state index contributed by atoms with van der Waals surface area (Å²) in [7, 11) is 0. The molecule has 0 bridgehead atoms. The third-order valence-electron chi connectivity index (χ3n) is 5.40. The van der Waals surface area contributed by atoms with Crippen molar-refractivity contribution in [2.75, 3.05) is 5.32 Å². The zero-order chi connectivity index (χ0) is 23.3. The Balaban J connectivity index is 1.48. The van der Waals surface area contributed by atoms with Crippen molar-refractivity contribution in [1.29, 1.82) is 0 Å². The Hall–Kier alpha value is -3.11. The largest absolute Gasteiger partial charge is 0.446 e. The number of aromatic amines is 1. The lowest BCUT2D eigenvalue weighted by Gasteiger charge is -2.21. The number of aromatic nitrogens is 3. The first-order chi connectivity index (χ1) is 15.1. The number of nitrogens with zero attached hydrogens (tertiary/aromatic N) is 2. The minimum atomic E-state index is -4.52. The third-order valence-corrected chi connectivity index (χ3v) is 5.40. The maximum atomic E-state index is 12.8. The highest BCUT2D eigenvalue weighted by molar-refractivity contribution is 5.91. The monoisotopic (exact) mass is 453 g/mol. The van der Waals surface area contributed by atoms with Gasteiger partial charge in [0.15, 0.2) is 5.82 Å². The number of hydrogen-bond acceptors (Lipinski definition) is 5. The van der Waals surface area contributed by atoms with Crippen LogP contribution in [-0.2, 0) is 16.0 Å². The van der Waals surface area contributed by atoms with Crippen LogP contribution in [0, 0.1) is 6.92 Å². The number of nitrogens with one attached hydrogen (secondary N) is 3. The van der Waals surface area contributed by atoms with Gasteiger partial charge in [0.2, 0.25) is 5.91 Å². The molecule has 2 heterocycles. The van der Waals surface area contributed by atoms with Crippen LogP contribution in [0.3, 0.4) is 0 Å². The van der Waals surface area contributed by atoms with Crippen LogP contribution < -0.4 is 10.6 Å². The molecule has 0 radical (unpaired) electrons. The molecule has 1 aliphatic carbocycles. The number of halogens is 3. The summed E-state index contributed by atoms with van der Waals surface area (Å²) in [6.45, 7) is 3.21. The second-order valence-corrected chi connectivity index (χ2v) is 7.93. The average Bonchev–Trinajstić information content (AvgIpc) is 3.36. The molecule has 2 aromatic heterocycles. The van der Waals surface area contributed by atoms with Crippen LogP contribution in [-0.4, -0.2) is 45.5 Å². The molecule has 0 aliphatic heterocycles.